The SMILES string of the molecule is CCOc1ccc(C2=C(Nc3ccc(C)c(Cl)c3)C(=O)N(c3cccc(F)c3)C2=O)cc1. The molecule has 1 aliphatic rings. The Morgan fingerprint density at radius 2 is 1.75 bits per heavy atom. The Hall–Kier alpha value is -3.64. The van der Waals surface area contributed by atoms with E-state index in [4.69, 9.17) is 16.3 Å². The van der Waals surface area contributed by atoms with Crippen LogP contribution in [-0.2, 0) is 9.59 Å². The molecule has 0 saturated heterocycles. The van der Waals surface area contributed by atoms with Crippen LogP contribution >= 0.6 is 11.6 Å². The van der Waals surface area contributed by atoms with Crippen LogP contribution in [0.2, 0.25) is 5.02 Å². The minimum atomic E-state index is -0.582. The fourth-order valence-electron chi connectivity index (χ4n) is 3.46. The van der Waals surface area contributed by atoms with Gasteiger partial charge in [-0.2, -0.15) is 0 Å². The highest BCUT2D eigenvalue weighted by Crippen LogP contribution is 2.35. The van der Waals surface area contributed by atoms with Gasteiger partial charge >= 0.3 is 0 Å². The number of rotatable bonds is 6. The lowest BCUT2D eigenvalue weighted by Gasteiger charge is -2.15. The van der Waals surface area contributed by atoms with E-state index >= 15 is 0 Å². The van der Waals surface area contributed by atoms with E-state index in [2.05, 4.69) is 5.32 Å². The molecule has 1 heterocycles. The van der Waals surface area contributed by atoms with Crippen LogP contribution < -0.4 is 15.0 Å². The molecule has 0 spiro atoms. The number of carbonyl (C=O) groups excluding carboxylic acids is 2. The number of imide groups is 1. The van der Waals surface area contributed by atoms with Crippen LogP contribution in [0.3, 0.4) is 0 Å². The topological polar surface area (TPSA) is 58.6 Å². The van der Waals surface area contributed by atoms with Gasteiger partial charge in [-0.1, -0.05) is 35.9 Å². The maximum absolute atomic E-state index is 13.8. The molecule has 0 atom stereocenters. The first-order chi connectivity index (χ1) is 15.4. The summed E-state index contributed by atoms with van der Waals surface area (Å²) < 4.78 is 19.3. The average Bonchev–Trinajstić information content (AvgIpc) is 3.01. The monoisotopic (exact) mass is 450 g/mol. The average molecular weight is 451 g/mol. The van der Waals surface area contributed by atoms with Crippen LogP contribution in [0.4, 0.5) is 15.8 Å². The highest BCUT2D eigenvalue weighted by Gasteiger charge is 2.40. The van der Waals surface area contributed by atoms with Crippen molar-refractivity contribution in [1.82, 2.24) is 0 Å². The lowest BCUT2D eigenvalue weighted by atomic mass is 10.0. The normalized spacial score (nSPS) is 13.7. The molecule has 0 saturated carbocycles. The van der Waals surface area contributed by atoms with Crippen molar-refractivity contribution in [3.8, 4) is 5.75 Å². The summed E-state index contributed by atoms with van der Waals surface area (Å²) in [6, 6.07) is 17.5. The van der Waals surface area contributed by atoms with Crippen molar-refractivity contribution in [3.05, 3.63) is 94.4 Å². The van der Waals surface area contributed by atoms with Gasteiger partial charge < -0.3 is 10.1 Å². The van der Waals surface area contributed by atoms with Crippen molar-refractivity contribution in [2.75, 3.05) is 16.8 Å². The summed E-state index contributed by atoms with van der Waals surface area (Å²) in [5.74, 6) is -1.03. The zero-order valence-corrected chi connectivity index (χ0v) is 18.2. The van der Waals surface area contributed by atoms with Crippen molar-refractivity contribution >= 4 is 40.4 Å². The molecular weight excluding hydrogens is 431 g/mol. The molecule has 1 N–H and O–H groups in total. The third-order valence-corrected chi connectivity index (χ3v) is 5.45. The third-order valence-electron chi connectivity index (χ3n) is 5.05. The minimum absolute atomic E-state index is 0.0864. The molecule has 0 aliphatic carbocycles. The largest absolute Gasteiger partial charge is 0.494 e. The lowest BCUT2D eigenvalue weighted by molar-refractivity contribution is -0.120. The Morgan fingerprint density at radius 1 is 1.00 bits per heavy atom. The summed E-state index contributed by atoms with van der Waals surface area (Å²) in [5.41, 5.74) is 2.39. The van der Waals surface area contributed by atoms with E-state index in [0.29, 0.717) is 28.6 Å². The van der Waals surface area contributed by atoms with Gasteiger partial charge in [0.05, 0.1) is 17.9 Å². The fraction of sp³-hybridized carbons (Fsp3) is 0.120. The highest BCUT2D eigenvalue weighted by molar-refractivity contribution is 6.46. The van der Waals surface area contributed by atoms with Crippen LogP contribution in [0, 0.1) is 12.7 Å². The molecule has 0 fully saturated rings. The molecule has 32 heavy (non-hydrogen) atoms. The van der Waals surface area contributed by atoms with Gasteiger partial charge in [0.25, 0.3) is 11.8 Å². The maximum Gasteiger partial charge on any atom is 0.282 e. The second-order valence-electron chi connectivity index (χ2n) is 7.22. The van der Waals surface area contributed by atoms with Crippen LogP contribution in [0.5, 0.6) is 5.75 Å². The predicted molar refractivity (Wildman–Crippen MR) is 123 cm³/mol. The summed E-state index contributed by atoms with van der Waals surface area (Å²) in [6.45, 7) is 4.25. The molecular formula is C25H20ClFN2O3. The lowest BCUT2D eigenvalue weighted by Crippen LogP contribution is -2.32. The molecule has 3 aromatic rings. The first-order valence-corrected chi connectivity index (χ1v) is 10.4. The molecule has 1 aliphatic heterocycles. The number of benzene rings is 3. The van der Waals surface area contributed by atoms with Gasteiger partial charge in [-0.3, -0.25) is 9.59 Å². The van der Waals surface area contributed by atoms with Crippen LogP contribution in [0.1, 0.15) is 18.1 Å². The van der Waals surface area contributed by atoms with Crippen molar-refractivity contribution in [2.24, 2.45) is 0 Å². The number of anilines is 2. The van der Waals surface area contributed by atoms with Gasteiger partial charge in [0, 0.05) is 10.7 Å². The molecule has 0 radical (unpaired) electrons. The van der Waals surface area contributed by atoms with Crippen LogP contribution in [-0.4, -0.2) is 18.4 Å². The Morgan fingerprint density at radius 3 is 2.41 bits per heavy atom. The third kappa shape index (κ3) is 4.09. The smallest absolute Gasteiger partial charge is 0.282 e. The molecule has 162 valence electrons. The summed E-state index contributed by atoms with van der Waals surface area (Å²) >= 11 is 6.23. The first kappa shape index (κ1) is 21.6. The van der Waals surface area contributed by atoms with E-state index in [1.165, 1.54) is 18.2 Å². The number of halogens is 2. The Kier molecular flexibility index (Phi) is 5.97. The number of nitrogens with zero attached hydrogens (tertiary/aromatic N) is 1. The summed E-state index contributed by atoms with van der Waals surface area (Å²) in [5, 5.41) is 3.57. The number of ether oxygens (including phenoxy) is 1. The predicted octanol–water partition coefficient (Wildman–Crippen LogP) is 5.58. The Labute approximate surface area is 190 Å². The van der Waals surface area contributed by atoms with Gasteiger partial charge in [-0.15, -0.1) is 0 Å². The number of hydrogen-bond acceptors (Lipinski definition) is 4. The van der Waals surface area contributed by atoms with Gasteiger partial charge in [0.2, 0.25) is 0 Å². The van der Waals surface area contributed by atoms with Crippen LogP contribution in [0.15, 0.2) is 72.4 Å². The quantitative estimate of drug-likeness (QED) is 0.498. The van der Waals surface area contributed by atoms with Crippen molar-refractivity contribution in [2.45, 2.75) is 13.8 Å². The maximum atomic E-state index is 13.8. The highest BCUT2D eigenvalue weighted by atomic mass is 35.5. The molecule has 3 aromatic carbocycles. The van der Waals surface area contributed by atoms with Gasteiger partial charge in [0.1, 0.15) is 17.3 Å². The number of hydrogen-bond donors (Lipinski definition) is 1. The zero-order chi connectivity index (χ0) is 22.8. The summed E-state index contributed by atoms with van der Waals surface area (Å²) in [6.07, 6.45) is 0. The number of nitrogens with one attached hydrogen (secondary N) is 1. The van der Waals surface area contributed by atoms with E-state index in [-0.39, 0.29) is 17.0 Å². The number of aryl methyl sites for hydroxylation is 1. The molecule has 5 nitrogen and oxygen atoms in total. The standard InChI is InChI=1S/C25H20ClFN2O3/c1-3-32-20-11-8-16(9-12-20)22-23(28-18-10-7-15(2)21(26)14-18)25(31)29(24(22)30)19-6-4-5-17(27)13-19/h4-14,28H,3H2,1-2H3. The number of amides is 2. The molecule has 4 rings (SSSR count). The van der Waals surface area contributed by atoms with Gasteiger partial charge in [-0.25, -0.2) is 9.29 Å². The second-order valence-corrected chi connectivity index (χ2v) is 7.63. The minimum Gasteiger partial charge on any atom is -0.494 e. The van der Waals surface area contributed by atoms with Crippen molar-refractivity contribution in [1.29, 1.82) is 0 Å². The summed E-state index contributed by atoms with van der Waals surface area (Å²) in [4.78, 5) is 27.7. The zero-order valence-electron chi connectivity index (χ0n) is 17.5. The second kappa shape index (κ2) is 8.85. The molecule has 7 heteroatoms. The van der Waals surface area contributed by atoms with E-state index < -0.39 is 17.6 Å². The molecule has 2 amide bonds. The summed E-state index contributed by atoms with van der Waals surface area (Å²) in [7, 11) is 0. The van der Waals surface area contributed by atoms with E-state index in [1.54, 1.807) is 36.4 Å². The molecule has 0 bridgehead atoms. The number of carbonyl (C=O) groups is 2. The van der Waals surface area contributed by atoms with Gasteiger partial charge in [-0.05, 0) is 67.4 Å². The van der Waals surface area contributed by atoms with Crippen molar-refractivity contribution in [3.63, 3.8) is 0 Å². The first-order valence-electron chi connectivity index (χ1n) is 10.0. The fourth-order valence-corrected chi connectivity index (χ4v) is 3.64. The van der Waals surface area contributed by atoms with Gasteiger partial charge in [0.15, 0.2) is 0 Å². The van der Waals surface area contributed by atoms with Crippen molar-refractivity contribution < 1.29 is 18.7 Å². The molecule has 0 unspecified atom stereocenters. The molecule has 0 aromatic heterocycles. The van der Waals surface area contributed by atoms with E-state index in [9.17, 15) is 14.0 Å². The Bertz CT molecular complexity index is 1240. The van der Waals surface area contributed by atoms with E-state index in [0.717, 1.165) is 16.5 Å². The Balaban J connectivity index is 1.80. The van der Waals surface area contributed by atoms with Crippen LogP contribution in [0.25, 0.3) is 5.57 Å². The van der Waals surface area contributed by atoms with E-state index in [1.807, 2.05) is 19.9 Å².